The average molecular weight is 853 g/mol. The summed E-state index contributed by atoms with van der Waals surface area (Å²) in [6.07, 6.45) is 6.73. The highest BCUT2D eigenvalue weighted by Gasteiger charge is 2.20. The largest absolute Gasteiger partial charge is 0.490 e. The van der Waals surface area contributed by atoms with Gasteiger partial charge in [-0.1, -0.05) is 85.5 Å². The summed E-state index contributed by atoms with van der Waals surface area (Å²) in [6.45, 7) is 9.96. The highest BCUT2D eigenvalue weighted by molar-refractivity contribution is 14.1. The van der Waals surface area contributed by atoms with Crippen LogP contribution in [0, 0.1) is 11.6 Å². The van der Waals surface area contributed by atoms with Crippen molar-refractivity contribution >= 4 is 57.9 Å². The lowest BCUT2D eigenvalue weighted by Gasteiger charge is -2.32. The smallest absolute Gasteiger partial charge is 0.244 e. The molecule has 2 aliphatic heterocycles. The zero-order valence-corrected chi connectivity index (χ0v) is 32.7. The van der Waals surface area contributed by atoms with Crippen molar-refractivity contribution in [1.82, 2.24) is 10.6 Å². The first-order valence-corrected chi connectivity index (χ1v) is 19.7. The number of fused-ring (bicyclic) bond motifs is 2. The Morgan fingerprint density at radius 2 is 1.31 bits per heavy atom. The van der Waals surface area contributed by atoms with E-state index in [1.807, 2.05) is 49.1 Å². The summed E-state index contributed by atoms with van der Waals surface area (Å²) in [5.74, 6) is 0.480. The van der Waals surface area contributed by atoms with E-state index >= 15 is 0 Å². The molecule has 2 heterocycles. The standard InChI is InChI=1S/C22H25FN2O2.C19H19FN2O2.CH3I.CH4/c1-3-12-25-13-14-27-21-10-8-18(15-20(21)25)16(2)24-22(26)11-9-17-6-4-5-7-19(17)23;1-13(15-6-8-18-17(12-15)21-10-11-24-18)22-19(23)9-7-14-4-2-3-5-16(14)20;1-2;/h4-11,15-16H,3,12-14H2,1-2H3,(H,24,26);2-9,12-13,21H,10-11H2,1H3,(H,22,23);1H3;1H4/b11-9+;9-7+;;. The van der Waals surface area contributed by atoms with E-state index in [0.717, 1.165) is 60.1 Å². The predicted molar refractivity (Wildman–Crippen MR) is 226 cm³/mol. The molecule has 54 heavy (non-hydrogen) atoms. The van der Waals surface area contributed by atoms with Crippen molar-refractivity contribution in [2.24, 2.45) is 0 Å². The van der Waals surface area contributed by atoms with Gasteiger partial charge in [0.2, 0.25) is 11.8 Å². The average Bonchev–Trinajstić information content (AvgIpc) is 3.18. The maximum absolute atomic E-state index is 13.6. The Morgan fingerprint density at radius 1 is 0.796 bits per heavy atom. The van der Waals surface area contributed by atoms with Gasteiger partial charge in [-0.05, 0) is 84.9 Å². The Kier molecular flexibility index (Phi) is 18.0. The molecule has 4 aromatic rings. The topological polar surface area (TPSA) is 91.9 Å². The van der Waals surface area contributed by atoms with Crippen molar-refractivity contribution in [2.75, 3.05) is 48.0 Å². The maximum Gasteiger partial charge on any atom is 0.244 e. The number of hydrogen-bond donors (Lipinski definition) is 3. The molecule has 11 heteroatoms. The number of rotatable bonds is 10. The fourth-order valence-electron chi connectivity index (χ4n) is 5.73. The Bertz CT molecular complexity index is 1890. The van der Waals surface area contributed by atoms with Crippen LogP contribution in [0.3, 0.4) is 0 Å². The van der Waals surface area contributed by atoms with Crippen LogP contribution in [0.15, 0.2) is 97.1 Å². The molecule has 0 saturated heterocycles. The molecule has 0 saturated carbocycles. The number of carbonyl (C=O) groups excluding carboxylic acids is 2. The number of anilines is 2. The highest BCUT2D eigenvalue weighted by atomic mass is 127. The molecule has 288 valence electrons. The second-order valence-electron chi connectivity index (χ2n) is 12.3. The molecule has 0 aliphatic carbocycles. The first-order valence-electron chi connectivity index (χ1n) is 17.6. The number of hydrogen-bond acceptors (Lipinski definition) is 6. The molecular weight excluding hydrogens is 801 g/mol. The lowest BCUT2D eigenvalue weighted by Crippen LogP contribution is -2.33. The summed E-state index contributed by atoms with van der Waals surface area (Å²) >= 11 is 2.15. The van der Waals surface area contributed by atoms with Crippen molar-refractivity contribution in [2.45, 2.75) is 46.7 Å². The molecule has 2 atom stereocenters. The molecule has 0 bridgehead atoms. The third kappa shape index (κ3) is 12.6. The van der Waals surface area contributed by atoms with Crippen molar-refractivity contribution in [3.63, 3.8) is 0 Å². The lowest BCUT2D eigenvalue weighted by atomic mass is 10.1. The van der Waals surface area contributed by atoms with E-state index in [9.17, 15) is 18.4 Å². The van der Waals surface area contributed by atoms with Gasteiger partial charge in [0.1, 0.15) is 36.3 Å². The van der Waals surface area contributed by atoms with E-state index in [1.54, 1.807) is 36.4 Å². The van der Waals surface area contributed by atoms with Gasteiger partial charge in [-0.3, -0.25) is 9.59 Å². The van der Waals surface area contributed by atoms with E-state index in [4.69, 9.17) is 9.47 Å². The minimum absolute atomic E-state index is 0. The van der Waals surface area contributed by atoms with Gasteiger partial charge >= 0.3 is 0 Å². The number of halogens is 3. The van der Waals surface area contributed by atoms with Gasteiger partial charge in [-0.25, -0.2) is 8.78 Å². The van der Waals surface area contributed by atoms with E-state index in [0.29, 0.717) is 24.3 Å². The van der Waals surface area contributed by atoms with E-state index in [2.05, 4.69) is 56.4 Å². The van der Waals surface area contributed by atoms with Crippen LogP contribution in [-0.2, 0) is 9.59 Å². The maximum atomic E-state index is 13.6. The van der Waals surface area contributed by atoms with Crippen LogP contribution < -0.4 is 30.3 Å². The number of ether oxygens (including phenoxy) is 2. The second kappa shape index (κ2) is 22.3. The Labute approximate surface area is 332 Å². The van der Waals surface area contributed by atoms with Crippen LogP contribution in [0.2, 0.25) is 0 Å². The number of nitrogens with one attached hydrogen (secondary N) is 3. The fraction of sp³-hybridized carbons (Fsp3) is 0.302. The molecule has 0 aromatic heterocycles. The molecule has 3 N–H and O–H groups in total. The molecule has 0 fully saturated rings. The van der Waals surface area contributed by atoms with Gasteiger partial charge in [0.05, 0.1) is 30.0 Å². The zero-order valence-electron chi connectivity index (χ0n) is 30.5. The summed E-state index contributed by atoms with van der Waals surface area (Å²) in [4.78, 5) is 28.5. The summed E-state index contributed by atoms with van der Waals surface area (Å²) in [7, 11) is 0. The molecule has 2 aliphatic rings. The first-order chi connectivity index (χ1) is 25.7. The SMILES string of the molecule is C.CC(NC(=O)/C=C/c1ccccc1F)c1ccc2c(c1)NCCO2.CCCN1CCOc2ccc(C(C)NC(=O)/C=C/c3ccccc3F)cc21.CI. The summed E-state index contributed by atoms with van der Waals surface area (Å²) < 4.78 is 38.4. The molecular formula is C43H51F2IN4O4. The number of benzene rings is 4. The van der Waals surface area contributed by atoms with Gasteiger partial charge in [0.15, 0.2) is 0 Å². The van der Waals surface area contributed by atoms with Crippen molar-refractivity contribution in [1.29, 1.82) is 0 Å². The third-order valence-electron chi connectivity index (χ3n) is 8.47. The molecule has 6 rings (SSSR count). The monoisotopic (exact) mass is 852 g/mol. The van der Waals surface area contributed by atoms with Crippen LogP contribution in [0.1, 0.15) is 69.0 Å². The normalized spacial score (nSPS) is 13.8. The van der Waals surface area contributed by atoms with Crippen molar-refractivity contribution in [3.8, 4) is 11.5 Å². The molecule has 2 unspecified atom stereocenters. The Morgan fingerprint density at radius 3 is 1.87 bits per heavy atom. The zero-order chi connectivity index (χ0) is 38.2. The number of nitrogens with zero attached hydrogens (tertiary/aromatic N) is 1. The summed E-state index contributed by atoms with van der Waals surface area (Å²) in [5, 5.41) is 9.08. The van der Waals surface area contributed by atoms with Gasteiger partial charge < -0.3 is 30.3 Å². The molecule has 4 aromatic carbocycles. The van der Waals surface area contributed by atoms with Gasteiger partial charge in [0, 0.05) is 36.4 Å². The molecule has 0 spiro atoms. The Balaban J connectivity index is 0.000000274. The van der Waals surface area contributed by atoms with Crippen LogP contribution in [0.4, 0.5) is 20.2 Å². The fourth-order valence-corrected chi connectivity index (χ4v) is 5.73. The molecule has 8 nitrogen and oxygen atoms in total. The molecule has 0 radical (unpaired) electrons. The minimum atomic E-state index is -0.352. The summed E-state index contributed by atoms with van der Waals surface area (Å²) in [5.41, 5.74) is 4.76. The number of carbonyl (C=O) groups is 2. The van der Waals surface area contributed by atoms with Gasteiger partial charge in [-0.15, -0.1) is 0 Å². The van der Waals surface area contributed by atoms with Crippen LogP contribution in [0.5, 0.6) is 11.5 Å². The van der Waals surface area contributed by atoms with Crippen LogP contribution in [0.25, 0.3) is 12.2 Å². The van der Waals surface area contributed by atoms with Crippen LogP contribution in [-0.4, -0.2) is 49.6 Å². The first kappa shape index (κ1) is 43.5. The second-order valence-corrected chi connectivity index (χ2v) is 12.3. The third-order valence-corrected chi connectivity index (χ3v) is 8.47. The van der Waals surface area contributed by atoms with E-state index in [1.165, 1.54) is 36.4 Å². The number of amides is 2. The number of alkyl halides is 1. The minimum Gasteiger partial charge on any atom is -0.490 e. The lowest BCUT2D eigenvalue weighted by molar-refractivity contribution is -0.117. The van der Waals surface area contributed by atoms with Gasteiger partial charge in [0.25, 0.3) is 0 Å². The predicted octanol–water partition coefficient (Wildman–Crippen LogP) is 9.53. The Hall–Kier alpha value is -4.91. The van der Waals surface area contributed by atoms with E-state index in [-0.39, 0.29) is 43.0 Å². The highest BCUT2D eigenvalue weighted by Crippen LogP contribution is 2.34. The summed E-state index contributed by atoms with van der Waals surface area (Å²) in [6, 6.07) is 24.2. The molecule has 2 amide bonds. The van der Waals surface area contributed by atoms with Crippen molar-refractivity contribution in [3.05, 3.63) is 131 Å². The van der Waals surface area contributed by atoms with E-state index < -0.39 is 0 Å². The van der Waals surface area contributed by atoms with Gasteiger partial charge in [-0.2, -0.15) is 0 Å². The van der Waals surface area contributed by atoms with Crippen LogP contribution >= 0.6 is 22.6 Å². The van der Waals surface area contributed by atoms with Crippen molar-refractivity contribution < 1.29 is 27.8 Å². The quantitative estimate of drug-likeness (QED) is 0.0837.